The number of alkyl halides is 6. The zero-order valence-corrected chi connectivity index (χ0v) is 10.6. The summed E-state index contributed by atoms with van der Waals surface area (Å²) in [6, 6.07) is 0. The molecule has 0 fully saturated rings. The van der Waals surface area contributed by atoms with Crippen molar-refractivity contribution in [2.24, 2.45) is 10.8 Å². The zero-order chi connectivity index (χ0) is 15.6. The average molecular weight is 310 g/mol. The zero-order valence-electron chi connectivity index (χ0n) is 10.6. The average Bonchev–Trinajstić information content (AvgIpc) is 2.51. The van der Waals surface area contributed by atoms with Crippen LogP contribution in [0.25, 0.3) is 0 Å². The normalized spacial score (nSPS) is 12.3. The molecule has 0 aliphatic heterocycles. The summed E-state index contributed by atoms with van der Waals surface area (Å²) in [6.45, 7) is -10.3. The molecule has 0 bridgehead atoms. The molecule has 0 aromatic heterocycles. The van der Waals surface area contributed by atoms with Crippen molar-refractivity contribution in [2.75, 3.05) is 53.3 Å². The minimum Gasteiger partial charge on any atom is -0.433 e. The third-order valence-electron chi connectivity index (χ3n) is 2.69. The summed E-state index contributed by atoms with van der Waals surface area (Å²) in [5, 5.41) is 0. The van der Waals surface area contributed by atoms with E-state index in [1.807, 2.05) is 0 Å². The number of ether oxygens (including phenoxy) is 2. The fourth-order valence-corrected chi connectivity index (χ4v) is 0.911. The first-order chi connectivity index (χ1) is 9.46. The maximum absolute atomic E-state index is 12.4. The number of hydrogen-bond acceptors (Lipinski definition) is 3. The minimum atomic E-state index is -2.11. The van der Waals surface area contributed by atoms with Gasteiger partial charge in [0.1, 0.15) is 53.3 Å². The van der Waals surface area contributed by atoms with Crippen molar-refractivity contribution in [1.82, 2.24) is 0 Å². The maximum Gasteiger partial charge on any atom is 0.508 e. The summed E-state index contributed by atoms with van der Waals surface area (Å²) in [5.74, 6) is 0. The van der Waals surface area contributed by atoms with Crippen LogP contribution in [0, 0.1) is 10.8 Å². The lowest BCUT2D eigenvalue weighted by Gasteiger charge is -2.25. The van der Waals surface area contributed by atoms with Crippen molar-refractivity contribution in [2.45, 2.75) is 0 Å². The van der Waals surface area contributed by atoms with Gasteiger partial charge in [-0.3, -0.25) is 26.3 Å². The molecule has 0 saturated heterocycles. The lowest BCUT2D eigenvalue weighted by Crippen LogP contribution is -2.37. The summed E-state index contributed by atoms with van der Waals surface area (Å²) < 4.78 is 83.2. The Morgan fingerprint density at radius 3 is 1.10 bits per heavy atom. The quantitative estimate of drug-likeness (QED) is 0.460. The van der Waals surface area contributed by atoms with Gasteiger partial charge >= 0.3 is 6.16 Å². The SMILES string of the molecule is O=C(OCC(CF)(CF)CF)OCC(CF)(CF)CF. The second-order valence-corrected chi connectivity index (χ2v) is 4.63. The van der Waals surface area contributed by atoms with E-state index >= 15 is 0 Å². The number of carbonyl (C=O) groups excluding carboxylic acids is 1. The smallest absolute Gasteiger partial charge is 0.433 e. The van der Waals surface area contributed by atoms with Gasteiger partial charge in [-0.15, -0.1) is 0 Å². The molecule has 0 aromatic carbocycles. The number of carbonyl (C=O) groups is 1. The molecule has 0 amide bonds. The second-order valence-electron chi connectivity index (χ2n) is 4.63. The van der Waals surface area contributed by atoms with Crippen molar-refractivity contribution >= 4 is 6.16 Å². The highest BCUT2D eigenvalue weighted by Gasteiger charge is 2.35. The predicted octanol–water partition coefficient (Wildman–Crippen LogP) is 2.93. The summed E-state index contributed by atoms with van der Waals surface area (Å²) in [4.78, 5) is 11.1. The first-order valence-electron chi connectivity index (χ1n) is 5.62. The highest BCUT2D eigenvalue weighted by atomic mass is 19.2. The Morgan fingerprint density at radius 2 is 0.900 bits per heavy atom. The Bertz CT molecular complexity index is 239. The van der Waals surface area contributed by atoms with Gasteiger partial charge in [0.05, 0.1) is 10.8 Å². The Hall–Kier alpha value is -1.15. The molecule has 0 aromatic rings. The van der Waals surface area contributed by atoms with E-state index in [0.29, 0.717) is 0 Å². The van der Waals surface area contributed by atoms with Crippen LogP contribution >= 0.6 is 0 Å². The van der Waals surface area contributed by atoms with E-state index in [1.165, 1.54) is 0 Å². The van der Waals surface area contributed by atoms with Gasteiger partial charge in [0.15, 0.2) is 0 Å². The molecule has 20 heavy (non-hydrogen) atoms. The molecule has 0 aliphatic carbocycles. The Kier molecular flexibility index (Phi) is 8.40. The van der Waals surface area contributed by atoms with Gasteiger partial charge in [0.25, 0.3) is 0 Å². The van der Waals surface area contributed by atoms with Crippen LogP contribution < -0.4 is 0 Å². The maximum atomic E-state index is 12.4. The van der Waals surface area contributed by atoms with E-state index < -0.39 is 70.2 Å². The third kappa shape index (κ3) is 5.09. The highest BCUT2D eigenvalue weighted by Crippen LogP contribution is 2.22. The molecular formula is C11H16F6O3. The van der Waals surface area contributed by atoms with Crippen molar-refractivity contribution < 1.29 is 40.6 Å². The molecular weight excluding hydrogens is 294 g/mol. The molecule has 0 aliphatic rings. The lowest BCUT2D eigenvalue weighted by atomic mass is 9.95. The Balaban J connectivity index is 4.30. The van der Waals surface area contributed by atoms with Crippen molar-refractivity contribution in [1.29, 1.82) is 0 Å². The summed E-state index contributed by atoms with van der Waals surface area (Å²) in [7, 11) is 0. The second kappa shape index (κ2) is 8.91. The van der Waals surface area contributed by atoms with Gasteiger partial charge in [-0.05, 0) is 0 Å². The fraction of sp³-hybridized carbons (Fsp3) is 0.909. The van der Waals surface area contributed by atoms with E-state index in [-0.39, 0.29) is 0 Å². The van der Waals surface area contributed by atoms with Gasteiger partial charge < -0.3 is 9.47 Å². The lowest BCUT2D eigenvalue weighted by molar-refractivity contribution is -0.0313. The van der Waals surface area contributed by atoms with E-state index in [0.717, 1.165) is 0 Å². The van der Waals surface area contributed by atoms with Crippen LogP contribution in [0.2, 0.25) is 0 Å². The van der Waals surface area contributed by atoms with Gasteiger partial charge in [0, 0.05) is 0 Å². The molecule has 0 atom stereocenters. The molecule has 0 radical (unpaired) electrons. The van der Waals surface area contributed by atoms with Gasteiger partial charge in [-0.1, -0.05) is 0 Å². The van der Waals surface area contributed by atoms with Crippen LogP contribution in [-0.4, -0.2) is 59.4 Å². The monoisotopic (exact) mass is 310 g/mol. The van der Waals surface area contributed by atoms with E-state index in [4.69, 9.17) is 0 Å². The third-order valence-corrected chi connectivity index (χ3v) is 2.69. The first kappa shape index (κ1) is 18.9. The molecule has 3 nitrogen and oxygen atoms in total. The van der Waals surface area contributed by atoms with E-state index in [2.05, 4.69) is 9.47 Å². The highest BCUT2D eigenvalue weighted by molar-refractivity contribution is 5.59. The minimum absolute atomic E-state index is 0.941. The summed E-state index contributed by atoms with van der Waals surface area (Å²) in [6.07, 6.45) is -1.51. The standard InChI is InChI=1S/C11H16F6O3/c12-1-10(2-13,3-14)7-19-9(18)20-8-11(4-15,5-16)6-17/h1-8H2. The number of halogens is 6. The van der Waals surface area contributed by atoms with Crippen molar-refractivity contribution in [3.8, 4) is 0 Å². The Labute approximate surface area is 112 Å². The molecule has 0 saturated carbocycles. The summed E-state index contributed by atoms with van der Waals surface area (Å²) >= 11 is 0. The molecule has 120 valence electrons. The van der Waals surface area contributed by atoms with E-state index in [1.54, 1.807) is 0 Å². The molecule has 0 rings (SSSR count). The van der Waals surface area contributed by atoms with Crippen LogP contribution in [0.4, 0.5) is 31.1 Å². The van der Waals surface area contributed by atoms with Gasteiger partial charge in [-0.2, -0.15) is 0 Å². The van der Waals surface area contributed by atoms with Crippen LogP contribution in [0.1, 0.15) is 0 Å². The topological polar surface area (TPSA) is 35.5 Å². The largest absolute Gasteiger partial charge is 0.508 e. The molecule has 0 N–H and O–H groups in total. The van der Waals surface area contributed by atoms with Crippen LogP contribution in [0.15, 0.2) is 0 Å². The van der Waals surface area contributed by atoms with Crippen LogP contribution in [-0.2, 0) is 9.47 Å². The molecule has 0 spiro atoms. The molecule has 0 heterocycles. The first-order valence-corrected chi connectivity index (χ1v) is 5.62. The van der Waals surface area contributed by atoms with Gasteiger partial charge in [-0.25, -0.2) is 4.79 Å². The predicted molar refractivity (Wildman–Crippen MR) is 58.0 cm³/mol. The molecule has 0 unspecified atom stereocenters. The Morgan fingerprint density at radius 1 is 0.650 bits per heavy atom. The van der Waals surface area contributed by atoms with Crippen molar-refractivity contribution in [3.05, 3.63) is 0 Å². The van der Waals surface area contributed by atoms with Crippen LogP contribution in [0.5, 0.6) is 0 Å². The molecule has 9 heteroatoms. The fourth-order valence-electron chi connectivity index (χ4n) is 0.911. The van der Waals surface area contributed by atoms with E-state index in [9.17, 15) is 31.1 Å². The summed E-state index contributed by atoms with van der Waals surface area (Å²) in [5.41, 5.74) is -4.23. The number of hydrogen-bond donors (Lipinski definition) is 0. The van der Waals surface area contributed by atoms with Crippen molar-refractivity contribution in [3.63, 3.8) is 0 Å². The van der Waals surface area contributed by atoms with Crippen LogP contribution in [0.3, 0.4) is 0 Å². The van der Waals surface area contributed by atoms with Gasteiger partial charge in [0.2, 0.25) is 0 Å². The number of rotatable bonds is 10.